The van der Waals surface area contributed by atoms with Gasteiger partial charge in [0, 0.05) is 0 Å². The summed E-state index contributed by atoms with van der Waals surface area (Å²) >= 11 is 0. The molecule has 0 saturated heterocycles. The van der Waals surface area contributed by atoms with E-state index in [1.807, 2.05) is 56.3 Å². The highest BCUT2D eigenvalue weighted by molar-refractivity contribution is 5.97. The summed E-state index contributed by atoms with van der Waals surface area (Å²) in [5, 5.41) is 2.96. The molecule has 1 aromatic heterocycles. The lowest BCUT2D eigenvalue weighted by molar-refractivity contribution is 0.396. The van der Waals surface area contributed by atoms with Crippen molar-refractivity contribution in [2.24, 2.45) is 0 Å². The summed E-state index contributed by atoms with van der Waals surface area (Å²) in [4.78, 5) is 25.7. The Labute approximate surface area is 126 Å². The molecule has 0 aliphatic carbocycles. The summed E-state index contributed by atoms with van der Waals surface area (Å²) in [5.74, 6) is 0. The standard InChI is InChI=1S/C18H16N2O2/c1-11-7-12(2)20-18(22)16-9-14-6-4-3-5-13(14)8-15(16)17(21)19(20)10-11/h3-9,12H,10H2,1-2H3. The van der Waals surface area contributed by atoms with Crippen LogP contribution in [0.25, 0.3) is 21.5 Å². The van der Waals surface area contributed by atoms with Crippen LogP contribution in [0, 0.1) is 0 Å². The topological polar surface area (TPSA) is 44.0 Å². The zero-order valence-electron chi connectivity index (χ0n) is 12.5. The highest BCUT2D eigenvalue weighted by atomic mass is 16.2. The molecule has 2 aromatic carbocycles. The highest BCUT2D eigenvalue weighted by Crippen LogP contribution is 2.21. The van der Waals surface area contributed by atoms with Gasteiger partial charge in [-0.3, -0.25) is 9.59 Å². The molecule has 2 heterocycles. The summed E-state index contributed by atoms with van der Waals surface area (Å²) in [6.07, 6.45) is 2.04. The minimum Gasteiger partial charge on any atom is -0.267 e. The number of nitrogens with zero attached hydrogens (tertiary/aromatic N) is 2. The van der Waals surface area contributed by atoms with E-state index < -0.39 is 0 Å². The predicted molar refractivity (Wildman–Crippen MR) is 88.4 cm³/mol. The van der Waals surface area contributed by atoms with Gasteiger partial charge in [-0.25, -0.2) is 9.36 Å². The third-order valence-electron chi connectivity index (χ3n) is 4.36. The Hall–Kier alpha value is -2.62. The van der Waals surface area contributed by atoms with E-state index in [0.717, 1.165) is 16.3 Å². The lowest BCUT2D eigenvalue weighted by Gasteiger charge is -2.25. The van der Waals surface area contributed by atoms with Crippen LogP contribution < -0.4 is 11.1 Å². The van der Waals surface area contributed by atoms with Crippen LogP contribution in [-0.2, 0) is 6.54 Å². The van der Waals surface area contributed by atoms with Crippen molar-refractivity contribution in [2.45, 2.75) is 26.4 Å². The molecule has 1 aliphatic heterocycles. The van der Waals surface area contributed by atoms with Crippen molar-refractivity contribution < 1.29 is 0 Å². The Morgan fingerprint density at radius 3 is 2.23 bits per heavy atom. The zero-order valence-corrected chi connectivity index (χ0v) is 12.5. The van der Waals surface area contributed by atoms with E-state index in [9.17, 15) is 9.59 Å². The fourth-order valence-corrected chi connectivity index (χ4v) is 3.39. The largest absolute Gasteiger partial charge is 0.273 e. The molecular formula is C18H16N2O2. The molecule has 0 amide bonds. The molecule has 0 fully saturated rings. The highest BCUT2D eigenvalue weighted by Gasteiger charge is 2.20. The summed E-state index contributed by atoms with van der Waals surface area (Å²) in [5.41, 5.74) is 0.908. The Morgan fingerprint density at radius 2 is 1.59 bits per heavy atom. The minimum absolute atomic E-state index is 0.0975. The first-order chi connectivity index (χ1) is 10.6. The Balaban J connectivity index is 2.21. The first-order valence-corrected chi connectivity index (χ1v) is 7.41. The number of aromatic nitrogens is 2. The van der Waals surface area contributed by atoms with Crippen LogP contribution >= 0.6 is 0 Å². The van der Waals surface area contributed by atoms with Gasteiger partial charge in [-0.05, 0) is 36.8 Å². The van der Waals surface area contributed by atoms with Crippen LogP contribution in [0.5, 0.6) is 0 Å². The van der Waals surface area contributed by atoms with Gasteiger partial charge in [-0.2, -0.15) is 0 Å². The normalized spacial score (nSPS) is 17.5. The molecule has 22 heavy (non-hydrogen) atoms. The van der Waals surface area contributed by atoms with Gasteiger partial charge in [-0.15, -0.1) is 0 Å². The van der Waals surface area contributed by atoms with Crippen molar-refractivity contribution in [3.05, 3.63) is 68.8 Å². The molecule has 0 radical (unpaired) electrons. The van der Waals surface area contributed by atoms with Gasteiger partial charge in [-0.1, -0.05) is 35.9 Å². The van der Waals surface area contributed by atoms with Gasteiger partial charge in [0.2, 0.25) is 0 Å². The molecule has 110 valence electrons. The van der Waals surface area contributed by atoms with Crippen LogP contribution in [-0.4, -0.2) is 9.36 Å². The van der Waals surface area contributed by atoms with Crippen LogP contribution in [0.15, 0.2) is 57.6 Å². The summed E-state index contributed by atoms with van der Waals surface area (Å²) < 4.78 is 3.14. The lowest BCUT2D eigenvalue weighted by Crippen LogP contribution is -2.42. The number of hydrogen-bond donors (Lipinski definition) is 0. The van der Waals surface area contributed by atoms with E-state index in [1.165, 1.54) is 0 Å². The van der Waals surface area contributed by atoms with Gasteiger partial charge < -0.3 is 0 Å². The molecule has 1 atom stereocenters. The second kappa shape index (κ2) is 4.44. The van der Waals surface area contributed by atoms with Crippen molar-refractivity contribution in [1.29, 1.82) is 0 Å². The Kier molecular flexibility index (Phi) is 2.64. The monoisotopic (exact) mass is 292 g/mol. The third kappa shape index (κ3) is 1.70. The smallest absolute Gasteiger partial charge is 0.267 e. The molecule has 0 N–H and O–H groups in total. The lowest BCUT2D eigenvalue weighted by atomic mass is 10.0. The predicted octanol–water partition coefficient (Wildman–Crippen LogP) is 2.84. The molecule has 0 bridgehead atoms. The van der Waals surface area contributed by atoms with Gasteiger partial charge in [0.05, 0.1) is 23.4 Å². The number of benzene rings is 2. The number of allylic oxidation sites excluding steroid dienone is 2. The molecule has 4 rings (SSSR count). The van der Waals surface area contributed by atoms with Crippen LogP contribution in [0.2, 0.25) is 0 Å². The molecule has 0 saturated carbocycles. The van der Waals surface area contributed by atoms with Gasteiger partial charge in [0.1, 0.15) is 0 Å². The molecule has 3 aromatic rings. The van der Waals surface area contributed by atoms with Crippen LogP contribution in [0.4, 0.5) is 0 Å². The van der Waals surface area contributed by atoms with Crippen LogP contribution in [0.1, 0.15) is 19.9 Å². The van der Waals surface area contributed by atoms with E-state index in [2.05, 4.69) is 0 Å². The Morgan fingerprint density at radius 1 is 1.00 bits per heavy atom. The quantitative estimate of drug-likeness (QED) is 0.472. The SMILES string of the molecule is CC1=CC(C)n2c(=O)c3cc4ccccc4cc3c(=O)n2C1. The number of rotatable bonds is 0. The summed E-state index contributed by atoms with van der Waals surface area (Å²) in [6.45, 7) is 4.40. The average molecular weight is 292 g/mol. The average Bonchev–Trinajstić information content (AvgIpc) is 2.50. The first kappa shape index (κ1) is 13.1. The van der Waals surface area contributed by atoms with Crippen molar-refractivity contribution >= 4 is 21.5 Å². The maximum absolute atomic E-state index is 12.9. The maximum atomic E-state index is 12.9. The molecule has 0 spiro atoms. The zero-order chi connectivity index (χ0) is 15.4. The van der Waals surface area contributed by atoms with Crippen molar-refractivity contribution in [3.8, 4) is 0 Å². The third-order valence-corrected chi connectivity index (χ3v) is 4.36. The molecule has 4 heteroatoms. The van der Waals surface area contributed by atoms with Gasteiger partial charge in [0.15, 0.2) is 0 Å². The van der Waals surface area contributed by atoms with Crippen molar-refractivity contribution in [1.82, 2.24) is 9.36 Å². The van der Waals surface area contributed by atoms with Crippen molar-refractivity contribution in [3.63, 3.8) is 0 Å². The first-order valence-electron chi connectivity index (χ1n) is 7.41. The summed E-state index contributed by atoms with van der Waals surface area (Å²) in [6, 6.07) is 11.4. The van der Waals surface area contributed by atoms with E-state index in [4.69, 9.17) is 0 Å². The fourth-order valence-electron chi connectivity index (χ4n) is 3.39. The number of hydrogen-bond acceptors (Lipinski definition) is 2. The second-order valence-electron chi connectivity index (χ2n) is 6.01. The van der Waals surface area contributed by atoms with E-state index in [-0.39, 0.29) is 17.2 Å². The summed E-state index contributed by atoms with van der Waals surface area (Å²) in [7, 11) is 0. The van der Waals surface area contributed by atoms with Crippen molar-refractivity contribution in [2.75, 3.05) is 0 Å². The molecule has 1 unspecified atom stereocenters. The minimum atomic E-state index is -0.107. The maximum Gasteiger partial charge on any atom is 0.273 e. The van der Waals surface area contributed by atoms with Crippen LogP contribution in [0.3, 0.4) is 0 Å². The molecule has 1 aliphatic rings. The Bertz CT molecular complexity index is 1070. The van der Waals surface area contributed by atoms with E-state index in [0.29, 0.717) is 17.3 Å². The number of fused-ring (bicyclic) bond motifs is 3. The molecule has 4 nitrogen and oxygen atoms in total. The second-order valence-corrected chi connectivity index (χ2v) is 6.01. The van der Waals surface area contributed by atoms with Gasteiger partial charge >= 0.3 is 0 Å². The van der Waals surface area contributed by atoms with E-state index >= 15 is 0 Å². The van der Waals surface area contributed by atoms with Gasteiger partial charge in [0.25, 0.3) is 11.1 Å². The molecular weight excluding hydrogens is 276 g/mol. The fraction of sp³-hybridized carbons (Fsp3) is 0.222. The van der Waals surface area contributed by atoms with E-state index in [1.54, 1.807) is 9.36 Å².